The summed E-state index contributed by atoms with van der Waals surface area (Å²) in [5, 5.41) is 10.3. The van der Waals surface area contributed by atoms with Gasteiger partial charge in [0.05, 0.1) is 40.4 Å². The summed E-state index contributed by atoms with van der Waals surface area (Å²) in [6.07, 6.45) is 1.74. The van der Waals surface area contributed by atoms with E-state index in [0.29, 0.717) is 32.7 Å². The fraction of sp³-hybridized carbons (Fsp3) is 0.118. The minimum Gasteiger partial charge on any atom is -0.493 e. The van der Waals surface area contributed by atoms with Gasteiger partial charge in [0.15, 0.2) is 11.5 Å². The molecule has 23 heavy (non-hydrogen) atoms. The van der Waals surface area contributed by atoms with E-state index in [1.165, 1.54) is 0 Å². The monoisotopic (exact) mass is 411 g/mol. The zero-order chi connectivity index (χ0) is 17.0. The molecular formula is C17H12BrCl2NO2. The molecule has 2 rings (SSSR count). The van der Waals surface area contributed by atoms with Crippen molar-refractivity contribution in [3.05, 3.63) is 56.0 Å². The topological polar surface area (TPSA) is 42.2 Å². The Morgan fingerprint density at radius 1 is 1.13 bits per heavy atom. The number of nitrogens with zero attached hydrogens (tertiary/aromatic N) is 1. The SMILES string of the molecule is COc1cc(/C=C(/C#N)c2ccc(Cl)c(Cl)c2)cc(Br)c1OC. The summed E-state index contributed by atoms with van der Waals surface area (Å²) in [7, 11) is 3.12. The van der Waals surface area contributed by atoms with Crippen molar-refractivity contribution in [2.75, 3.05) is 14.2 Å². The van der Waals surface area contributed by atoms with Crippen LogP contribution < -0.4 is 9.47 Å². The Labute approximate surface area is 153 Å². The minimum absolute atomic E-state index is 0.402. The highest BCUT2D eigenvalue weighted by atomic mass is 79.9. The second-order valence-corrected chi connectivity index (χ2v) is 6.21. The van der Waals surface area contributed by atoms with Gasteiger partial charge in [0, 0.05) is 0 Å². The fourth-order valence-electron chi connectivity index (χ4n) is 2.03. The highest BCUT2D eigenvalue weighted by molar-refractivity contribution is 9.10. The molecule has 0 radical (unpaired) electrons. The molecule has 0 aromatic heterocycles. The number of benzene rings is 2. The molecule has 0 fully saturated rings. The maximum absolute atomic E-state index is 9.44. The fourth-order valence-corrected chi connectivity index (χ4v) is 2.95. The van der Waals surface area contributed by atoms with Gasteiger partial charge in [0.2, 0.25) is 0 Å². The summed E-state index contributed by atoms with van der Waals surface area (Å²) >= 11 is 15.4. The van der Waals surface area contributed by atoms with Gasteiger partial charge in [-0.2, -0.15) is 5.26 Å². The summed E-state index contributed by atoms with van der Waals surface area (Å²) < 4.78 is 11.3. The average molecular weight is 413 g/mol. The normalized spacial score (nSPS) is 11.0. The van der Waals surface area contributed by atoms with Crippen LogP contribution in [0, 0.1) is 11.3 Å². The molecule has 0 bridgehead atoms. The Hall–Kier alpha value is -1.67. The smallest absolute Gasteiger partial charge is 0.174 e. The molecule has 2 aromatic rings. The van der Waals surface area contributed by atoms with Crippen molar-refractivity contribution in [2.45, 2.75) is 0 Å². The number of halogens is 3. The van der Waals surface area contributed by atoms with Gasteiger partial charge in [0.25, 0.3) is 0 Å². The highest BCUT2D eigenvalue weighted by Crippen LogP contribution is 2.37. The maximum Gasteiger partial charge on any atom is 0.174 e. The first-order valence-corrected chi connectivity index (χ1v) is 8.03. The van der Waals surface area contributed by atoms with E-state index >= 15 is 0 Å². The van der Waals surface area contributed by atoms with Crippen molar-refractivity contribution < 1.29 is 9.47 Å². The molecule has 0 aliphatic heterocycles. The second kappa shape index (κ2) is 7.74. The van der Waals surface area contributed by atoms with Crippen LogP contribution in [0.1, 0.15) is 11.1 Å². The third-order valence-electron chi connectivity index (χ3n) is 3.12. The van der Waals surface area contributed by atoms with Crippen LogP contribution in [0.15, 0.2) is 34.8 Å². The van der Waals surface area contributed by atoms with Gasteiger partial charge in [-0.15, -0.1) is 0 Å². The Balaban J connectivity index is 2.52. The quantitative estimate of drug-likeness (QED) is 0.468. The van der Waals surface area contributed by atoms with Gasteiger partial charge >= 0.3 is 0 Å². The summed E-state index contributed by atoms with van der Waals surface area (Å²) in [6.45, 7) is 0. The van der Waals surface area contributed by atoms with Crippen LogP contribution in [0.3, 0.4) is 0 Å². The van der Waals surface area contributed by atoms with Gasteiger partial charge in [0.1, 0.15) is 0 Å². The van der Waals surface area contributed by atoms with Crippen molar-refractivity contribution in [1.29, 1.82) is 5.26 Å². The van der Waals surface area contributed by atoms with Gasteiger partial charge in [-0.3, -0.25) is 0 Å². The van der Waals surface area contributed by atoms with Crippen LogP contribution in [0.2, 0.25) is 10.0 Å². The number of hydrogen-bond acceptors (Lipinski definition) is 3. The Kier molecular flexibility index (Phi) is 5.95. The zero-order valence-corrected chi connectivity index (χ0v) is 15.5. The number of ether oxygens (including phenoxy) is 2. The van der Waals surface area contributed by atoms with E-state index in [1.54, 1.807) is 44.6 Å². The molecule has 2 aromatic carbocycles. The predicted molar refractivity (Wildman–Crippen MR) is 97.2 cm³/mol. The molecule has 0 aliphatic carbocycles. The Bertz CT molecular complexity index is 813. The van der Waals surface area contributed by atoms with Crippen LogP contribution in [-0.4, -0.2) is 14.2 Å². The summed E-state index contributed by atoms with van der Waals surface area (Å²) in [6, 6.07) is 10.9. The van der Waals surface area contributed by atoms with E-state index in [0.717, 1.165) is 10.0 Å². The first kappa shape index (κ1) is 17.7. The number of hydrogen-bond donors (Lipinski definition) is 0. The minimum atomic E-state index is 0.402. The van der Waals surface area contributed by atoms with Gasteiger partial charge in [-0.05, 0) is 57.4 Å². The zero-order valence-electron chi connectivity index (χ0n) is 12.4. The van der Waals surface area contributed by atoms with Gasteiger partial charge in [-0.25, -0.2) is 0 Å². The number of rotatable bonds is 4. The summed E-state index contributed by atoms with van der Waals surface area (Å²) in [5.41, 5.74) is 1.94. The average Bonchev–Trinajstić information content (AvgIpc) is 2.54. The maximum atomic E-state index is 9.44. The van der Waals surface area contributed by atoms with Gasteiger partial charge < -0.3 is 9.47 Å². The lowest BCUT2D eigenvalue weighted by molar-refractivity contribution is 0.353. The molecular weight excluding hydrogens is 401 g/mol. The highest BCUT2D eigenvalue weighted by Gasteiger charge is 2.11. The Morgan fingerprint density at radius 2 is 1.87 bits per heavy atom. The van der Waals surface area contributed by atoms with Gasteiger partial charge in [-0.1, -0.05) is 29.3 Å². The molecule has 3 nitrogen and oxygen atoms in total. The third-order valence-corrected chi connectivity index (χ3v) is 4.45. The summed E-state index contributed by atoms with van der Waals surface area (Å²) in [4.78, 5) is 0. The van der Waals surface area contributed by atoms with Crippen LogP contribution >= 0.6 is 39.1 Å². The number of allylic oxidation sites excluding steroid dienone is 1. The van der Waals surface area contributed by atoms with E-state index in [1.807, 2.05) is 6.07 Å². The Morgan fingerprint density at radius 3 is 2.43 bits per heavy atom. The molecule has 6 heteroatoms. The molecule has 0 saturated carbocycles. The largest absolute Gasteiger partial charge is 0.493 e. The first-order chi connectivity index (χ1) is 11.0. The van der Waals surface area contributed by atoms with E-state index in [4.69, 9.17) is 32.7 Å². The van der Waals surface area contributed by atoms with Crippen molar-refractivity contribution in [1.82, 2.24) is 0 Å². The number of methoxy groups -OCH3 is 2. The lowest BCUT2D eigenvalue weighted by Gasteiger charge is -2.11. The molecule has 0 spiro atoms. The van der Waals surface area contributed by atoms with Crippen molar-refractivity contribution in [3.8, 4) is 17.6 Å². The molecule has 118 valence electrons. The van der Waals surface area contributed by atoms with Crippen LogP contribution in [0.25, 0.3) is 11.6 Å². The molecule has 0 saturated heterocycles. The number of nitriles is 1. The predicted octanol–water partition coefficient (Wildman–Crippen LogP) is 5.84. The van der Waals surface area contributed by atoms with Crippen LogP contribution in [0.4, 0.5) is 0 Å². The molecule has 0 aliphatic rings. The molecule has 0 N–H and O–H groups in total. The van der Waals surface area contributed by atoms with E-state index < -0.39 is 0 Å². The molecule has 0 atom stereocenters. The summed E-state index contributed by atoms with van der Waals surface area (Å²) in [5.74, 6) is 1.16. The molecule has 0 unspecified atom stereocenters. The van der Waals surface area contributed by atoms with E-state index in [2.05, 4.69) is 22.0 Å². The van der Waals surface area contributed by atoms with E-state index in [-0.39, 0.29) is 0 Å². The standard InChI is InChI=1S/C17H12BrCl2NO2/c1-22-16-7-10(6-13(18)17(16)23-2)5-12(9-21)11-3-4-14(19)15(20)8-11/h3-8H,1-2H3/b12-5-. The molecule has 0 amide bonds. The lowest BCUT2D eigenvalue weighted by atomic mass is 10.0. The second-order valence-electron chi connectivity index (χ2n) is 4.54. The van der Waals surface area contributed by atoms with Crippen LogP contribution in [-0.2, 0) is 0 Å². The lowest BCUT2D eigenvalue weighted by Crippen LogP contribution is -1.92. The first-order valence-electron chi connectivity index (χ1n) is 6.49. The van der Waals surface area contributed by atoms with Crippen LogP contribution in [0.5, 0.6) is 11.5 Å². The molecule has 0 heterocycles. The van der Waals surface area contributed by atoms with Crippen molar-refractivity contribution >= 4 is 50.8 Å². The van der Waals surface area contributed by atoms with Crippen molar-refractivity contribution in [2.24, 2.45) is 0 Å². The van der Waals surface area contributed by atoms with Crippen molar-refractivity contribution in [3.63, 3.8) is 0 Å². The van der Waals surface area contributed by atoms with E-state index in [9.17, 15) is 5.26 Å². The third kappa shape index (κ3) is 4.00.